The highest BCUT2D eigenvalue weighted by atomic mass is 32.2. The van der Waals surface area contributed by atoms with Gasteiger partial charge in [-0.25, -0.2) is 8.42 Å². The fraction of sp³-hybridized carbons (Fsp3) is 0.412. The Hall–Kier alpha value is -2.39. The lowest BCUT2D eigenvalue weighted by Gasteiger charge is -2.20. The number of hydrogen-bond donors (Lipinski definition) is 2. The monoisotopic (exact) mass is 380 g/mol. The Kier molecular flexibility index (Phi) is 4.76. The maximum Gasteiger partial charge on any atom is 0.253 e. The molecule has 0 saturated carbocycles. The predicted molar refractivity (Wildman–Crippen MR) is 94.7 cm³/mol. The molecular formula is C17H20N2O6S. The first-order valence-corrected chi connectivity index (χ1v) is 9.78. The van der Waals surface area contributed by atoms with Crippen molar-refractivity contribution in [3.8, 4) is 5.75 Å². The lowest BCUT2D eigenvalue weighted by molar-refractivity contribution is -0.111. The van der Waals surface area contributed by atoms with Crippen molar-refractivity contribution in [1.82, 2.24) is 4.90 Å². The largest absolute Gasteiger partial charge is 0.506 e. The highest BCUT2D eigenvalue weighted by Gasteiger charge is 2.53. The van der Waals surface area contributed by atoms with Gasteiger partial charge in [-0.2, -0.15) is 0 Å². The van der Waals surface area contributed by atoms with Crippen molar-refractivity contribution in [2.45, 2.75) is 11.4 Å². The second kappa shape index (κ2) is 6.73. The minimum atomic E-state index is -3.29. The number of fused-ring (bicyclic) bond motifs is 1. The summed E-state index contributed by atoms with van der Waals surface area (Å²) in [6.07, 6.45) is 0.635. The van der Waals surface area contributed by atoms with E-state index in [0.717, 1.165) is 6.08 Å². The number of methoxy groups -OCH3 is 1. The molecule has 26 heavy (non-hydrogen) atoms. The van der Waals surface area contributed by atoms with Gasteiger partial charge in [0.05, 0.1) is 22.8 Å². The molecule has 3 rings (SSSR count). The van der Waals surface area contributed by atoms with Crippen LogP contribution in [0.3, 0.4) is 0 Å². The Labute approximate surface area is 151 Å². The fourth-order valence-corrected chi connectivity index (χ4v) is 5.85. The third-order valence-corrected chi connectivity index (χ3v) is 7.14. The number of benzene rings is 1. The Bertz CT molecular complexity index is 866. The summed E-state index contributed by atoms with van der Waals surface area (Å²) in [6.45, 7) is 3.73. The predicted octanol–water partition coefficient (Wildman–Crippen LogP) is 0.401. The van der Waals surface area contributed by atoms with E-state index >= 15 is 0 Å². The molecule has 2 aliphatic rings. The Morgan fingerprint density at radius 1 is 1.38 bits per heavy atom. The van der Waals surface area contributed by atoms with Gasteiger partial charge in [0.1, 0.15) is 5.75 Å². The van der Waals surface area contributed by atoms with Gasteiger partial charge in [-0.15, -0.1) is 0 Å². The minimum absolute atomic E-state index is 0.0161. The van der Waals surface area contributed by atoms with Crippen molar-refractivity contribution in [3.63, 3.8) is 0 Å². The maximum absolute atomic E-state index is 12.8. The summed E-state index contributed by atoms with van der Waals surface area (Å²) in [7, 11) is -1.82. The van der Waals surface area contributed by atoms with Crippen LogP contribution in [0.1, 0.15) is 10.4 Å². The average molecular weight is 380 g/mol. The number of phenols is 1. The van der Waals surface area contributed by atoms with Crippen LogP contribution < -0.4 is 5.32 Å². The molecule has 2 N–H and O–H groups in total. The Balaban J connectivity index is 1.82. The minimum Gasteiger partial charge on any atom is -0.506 e. The number of rotatable bonds is 4. The van der Waals surface area contributed by atoms with Gasteiger partial charge >= 0.3 is 0 Å². The van der Waals surface area contributed by atoms with Gasteiger partial charge in [0.2, 0.25) is 5.91 Å². The quantitative estimate of drug-likeness (QED) is 0.578. The topological polar surface area (TPSA) is 113 Å². The number of carbonyl (C=O) groups is 2. The zero-order chi connectivity index (χ0) is 19.1. The normalized spacial score (nSPS) is 26.3. The Morgan fingerprint density at radius 2 is 2.12 bits per heavy atom. The SMILES string of the molecule is C=CC(=O)Nc1cc(C(=O)N2C[C@H]3[C@@H](C2)S(=O)(=O)C[C@H]3OC)ccc1O. The molecule has 0 spiro atoms. The first-order valence-electron chi connectivity index (χ1n) is 8.07. The number of hydrogen-bond acceptors (Lipinski definition) is 6. The molecule has 140 valence electrons. The molecule has 2 amide bonds. The molecule has 8 nitrogen and oxygen atoms in total. The number of phenolic OH excluding ortho intramolecular Hbond substituents is 1. The number of anilines is 1. The highest BCUT2D eigenvalue weighted by Crippen LogP contribution is 2.36. The number of ether oxygens (including phenoxy) is 1. The number of amides is 2. The zero-order valence-electron chi connectivity index (χ0n) is 14.2. The molecule has 9 heteroatoms. The van der Waals surface area contributed by atoms with Crippen LogP contribution in [0, 0.1) is 5.92 Å². The van der Waals surface area contributed by atoms with Gasteiger partial charge in [0, 0.05) is 31.7 Å². The molecule has 2 heterocycles. The second-order valence-corrected chi connectivity index (χ2v) is 8.71. The summed E-state index contributed by atoms with van der Waals surface area (Å²) in [6, 6.07) is 4.09. The van der Waals surface area contributed by atoms with Crippen molar-refractivity contribution < 1.29 is 27.9 Å². The molecule has 3 atom stereocenters. The van der Waals surface area contributed by atoms with Crippen molar-refractivity contribution in [2.75, 3.05) is 31.3 Å². The summed E-state index contributed by atoms with van der Waals surface area (Å²) in [5.74, 6) is -1.33. The molecular weight excluding hydrogens is 360 g/mol. The van der Waals surface area contributed by atoms with E-state index in [1.807, 2.05) is 0 Å². The van der Waals surface area contributed by atoms with Gasteiger partial charge < -0.3 is 20.1 Å². The molecule has 2 aliphatic heterocycles. The number of sulfone groups is 1. The summed E-state index contributed by atoms with van der Waals surface area (Å²) in [5, 5.41) is 11.6. The molecule has 2 fully saturated rings. The standard InChI is InChI=1S/C17H20N2O6S/c1-3-16(21)18-12-6-10(4-5-13(12)20)17(22)19-7-11-14(25-2)9-26(23,24)15(11)8-19/h3-6,11,14-15,20H,1,7-9H2,2H3,(H,18,21)/t11-,14-,15-/m1/s1. The van der Waals surface area contributed by atoms with E-state index in [2.05, 4.69) is 11.9 Å². The van der Waals surface area contributed by atoms with Crippen LogP contribution in [0.2, 0.25) is 0 Å². The van der Waals surface area contributed by atoms with Gasteiger partial charge in [-0.1, -0.05) is 6.58 Å². The van der Waals surface area contributed by atoms with E-state index in [0.29, 0.717) is 0 Å². The van der Waals surface area contributed by atoms with Gasteiger partial charge in [0.25, 0.3) is 5.91 Å². The summed E-state index contributed by atoms with van der Waals surface area (Å²) in [5.41, 5.74) is 0.330. The number of nitrogens with zero attached hydrogens (tertiary/aromatic N) is 1. The van der Waals surface area contributed by atoms with E-state index < -0.39 is 27.1 Å². The average Bonchev–Trinajstić information content (AvgIpc) is 3.15. The molecule has 0 bridgehead atoms. The molecule has 1 aromatic carbocycles. The third-order valence-electron chi connectivity index (χ3n) is 4.92. The van der Waals surface area contributed by atoms with E-state index in [4.69, 9.17) is 4.74 Å². The smallest absolute Gasteiger partial charge is 0.253 e. The molecule has 1 aromatic rings. The molecule has 2 saturated heterocycles. The lowest BCUT2D eigenvalue weighted by Crippen LogP contribution is -2.33. The second-order valence-electron chi connectivity index (χ2n) is 6.44. The number of nitrogens with one attached hydrogen (secondary N) is 1. The van der Waals surface area contributed by atoms with Crippen LogP contribution in [0.25, 0.3) is 0 Å². The number of aromatic hydroxyl groups is 1. The van der Waals surface area contributed by atoms with Gasteiger partial charge in [-0.3, -0.25) is 9.59 Å². The van der Waals surface area contributed by atoms with Crippen LogP contribution in [0.15, 0.2) is 30.9 Å². The highest BCUT2D eigenvalue weighted by molar-refractivity contribution is 7.92. The zero-order valence-corrected chi connectivity index (χ0v) is 15.0. The molecule has 0 radical (unpaired) electrons. The van der Waals surface area contributed by atoms with E-state index in [1.54, 1.807) is 0 Å². The van der Waals surface area contributed by atoms with Crippen molar-refractivity contribution in [3.05, 3.63) is 36.4 Å². The van der Waals surface area contributed by atoms with Crippen molar-refractivity contribution >= 4 is 27.3 Å². The molecule has 0 aromatic heterocycles. The van der Waals surface area contributed by atoms with Crippen LogP contribution in [0.4, 0.5) is 5.69 Å². The summed E-state index contributed by atoms with van der Waals surface area (Å²) >= 11 is 0. The van der Waals surface area contributed by atoms with Crippen LogP contribution in [-0.4, -0.2) is 67.5 Å². The lowest BCUT2D eigenvalue weighted by atomic mass is 10.0. The maximum atomic E-state index is 12.8. The first-order chi connectivity index (χ1) is 12.3. The van der Waals surface area contributed by atoms with Gasteiger partial charge in [0.15, 0.2) is 9.84 Å². The number of likely N-dealkylation sites (tertiary alicyclic amines) is 1. The van der Waals surface area contributed by atoms with E-state index in [1.165, 1.54) is 30.2 Å². The first kappa shape index (κ1) is 18.4. The van der Waals surface area contributed by atoms with Crippen molar-refractivity contribution in [1.29, 1.82) is 0 Å². The Morgan fingerprint density at radius 3 is 2.77 bits per heavy atom. The van der Waals surface area contributed by atoms with E-state index in [-0.39, 0.29) is 47.7 Å². The van der Waals surface area contributed by atoms with E-state index in [9.17, 15) is 23.1 Å². The van der Waals surface area contributed by atoms with Crippen LogP contribution in [-0.2, 0) is 19.4 Å². The van der Waals surface area contributed by atoms with Crippen LogP contribution in [0.5, 0.6) is 5.75 Å². The molecule has 0 aliphatic carbocycles. The third kappa shape index (κ3) is 3.19. The summed E-state index contributed by atoms with van der Waals surface area (Å²) in [4.78, 5) is 25.7. The van der Waals surface area contributed by atoms with Crippen LogP contribution >= 0.6 is 0 Å². The fourth-order valence-electron chi connectivity index (χ4n) is 3.56. The van der Waals surface area contributed by atoms with Gasteiger partial charge in [-0.05, 0) is 24.3 Å². The summed E-state index contributed by atoms with van der Waals surface area (Å²) < 4.78 is 29.8. The number of carbonyl (C=O) groups excluding carboxylic acids is 2. The van der Waals surface area contributed by atoms with Crippen molar-refractivity contribution in [2.24, 2.45) is 5.92 Å². The molecule has 0 unspecified atom stereocenters.